The van der Waals surface area contributed by atoms with Crippen LogP contribution in [0.25, 0.3) is 0 Å². The van der Waals surface area contributed by atoms with Crippen molar-refractivity contribution in [2.75, 3.05) is 12.4 Å². The Labute approximate surface area is 126 Å². The number of methoxy groups -OCH3 is 1. The molecule has 0 saturated carbocycles. The van der Waals surface area contributed by atoms with Gasteiger partial charge in [-0.25, -0.2) is 0 Å². The van der Waals surface area contributed by atoms with E-state index in [1.54, 1.807) is 25.3 Å². The quantitative estimate of drug-likeness (QED) is 0.866. The SMILES string of the molecule is COc1ccc([C@H]2Sc3ccccc3NC(=O)C2=O)cc1. The molecular formula is C16H13NO3S. The van der Waals surface area contributed by atoms with Crippen molar-refractivity contribution in [3.8, 4) is 5.75 Å². The van der Waals surface area contributed by atoms with Crippen molar-refractivity contribution in [3.63, 3.8) is 0 Å². The number of carbonyl (C=O) groups excluding carboxylic acids is 2. The van der Waals surface area contributed by atoms with Crippen LogP contribution in [0.3, 0.4) is 0 Å². The molecule has 0 aromatic heterocycles. The zero-order chi connectivity index (χ0) is 14.8. The molecule has 1 aliphatic heterocycles. The number of rotatable bonds is 2. The van der Waals surface area contributed by atoms with Crippen molar-refractivity contribution in [2.45, 2.75) is 10.1 Å². The summed E-state index contributed by atoms with van der Waals surface area (Å²) in [5.74, 6) is -0.302. The predicted molar refractivity (Wildman–Crippen MR) is 81.7 cm³/mol. The molecule has 1 N–H and O–H groups in total. The third-order valence-corrected chi connectivity index (χ3v) is 4.59. The lowest BCUT2D eigenvalue weighted by atomic mass is 10.1. The van der Waals surface area contributed by atoms with Crippen LogP contribution in [0.15, 0.2) is 53.4 Å². The number of Topliss-reactive ketones (excluding diaryl/α,β-unsaturated/α-hetero) is 1. The van der Waals surface area contributed by atoms with E-state index in [0.717, 1.165) is 16.2 Å². The number of hydrogen-bond donors (Lipinski definition) is 1. The Morgan fingerprint density at radius 3 is 2.48 bits per heavy atom. The number of ketones is 1. The van der Waals surface area contributed by atoms with Gasteiger partial charge < -0.3 is 10.1 Å². The van der Waals surface area contributed by atoms with Gasteiger partial charge in [0.1, 0.15) is 11.0 Å². The summed E-state index contributed by atoms with van der Waals surface area (Å²) in [5, 5.41) is 2.12. The molecule has 0 radical (unpaired) electrons. The number of thioether (sulfide) groups is 1. The average molecular weight is 299 g/mol. The van der Waals surface area contributed by atoms with Gasteiger partial charge in [-0.2, -0.15) is 0 Å². The number of nitrogens with one attached hydrogen (secondary N) is 1. The van der Waals surface area contributed by atoms with Crippen LogP contribution in [0.4, 0.5) is 5.69 Å². The molecule has 0 bridgehead atoms. The minimum atomic E-state index is -0.576. The third-order valence-electron chi connectivity index (χ3n) is 3.26. The van der Waals surface area contributed by atoms with E-state index in [4.69, 9.17) is 4.74 Å². The first-order valence-electron chi connectivity index (χ1n) is 6.44. The summed E-state index contributed by atoms with van der Waals surface area (Å²) in [4.78, 5) is 25.2. The fourth-order valence-corrected chi connectivity index (χ4v) is 3.32. The number of hydrogen-bond acceptors (Lipinski definition) is 4. The molecule has 2 aromatic rings. The van der Waals surface area contributed by atoms with Gasteiger partial charge in [0, 0.05) is 4.90 Å². The molecule has 0 aliphatic carbocycles. The molecule has 1 heterocycles. The van der Waals surface area contributed by atoms with E-state index in [1.165, 1.54) is 11.8 Å². The van der Waals surface area contributed by atoms with Crippen LogP contribution in [-0.4, -0.2) is 18.8 Å². The van der Waals surface area contributed by atoms with E-state index >= 15 is 0 Å². The molecule has 1 amide bonds. The second-order valence-electron chi connectivity index (χ2n) is 4.59. The van der Waals surface area contributed by atoms with Crippen molar-refractivity contribution in [3.05, 3.63) is 54.1 Å². The number of para-hydroxylation sites is 1. The second kappa shape index (κ2) is 5.61. The summed E-state index contributed by atoms with van der Waals surface area (Å²) in [6.07, 6.45) is 0. The summed E-state index contributed by atoms with van der Waals surface area (Å²) in [5.41, 5.74) is 1.47. The Kier molecular flexibility index (Phi) is 3.66. The Bertz CT molecular complexity index is 697. The summed E-state index contributed by atoms with van der Waals surface area (Å²) in [6, 6.07) is 14.6. The van der Waals surface area contributed by atoms with E-state index in [2.05, 4.69) is 5.32 Å². The van der Waals surface area contributed by atoms with Crippen LogP contribution in [0.5, 0.6) is 5.75 Å². The van der Waals surface area contributed by atoms with Gasteiger partial charge in [-0.1, -0.05) is 24.3 Å². The third kappa shape index (κ3) is 2.64. The second-order valence-corrected chi connectivity index (χ2v) is 5.73. The van der Waals surface area contributed by atoms with Crippen LogP contribution in [0, 0.1) is 0 Å². The number of anilines is 1. The van der Waals surface area contributed by atoms with E-state index in [9.17, 15) is 9.59 Å². The molecule has 21 heavy (non-hydrogen) atoms. The molecule has 2 aromatic carbocycles. The number of fused-ring (bicyclic) bond motifs is 1. The molecule has 106 valence electrons. The first-order chi connectivity index (χ1) is 10.2. The smallest absolute Gasteiger partial charge is 0.293 e. The highest BCUT2D eigenvalue weighted by Gasteiger charge is 2.32. The highest BCUT2D eigenvalue weighted by molar-refractivity contribution is 8.00. The maximum absolute atomic E-state index is 12.3. The highest BCUT2D eigenvalue weighted by atomic mass is 32.2. The van der Waals surface area contributed by atoms with E-state index in [0.29, 0.717) is 5.69 Å². The molecule has 3 rings (SSSR count). The van der Waals surface area contributed by atoms with Crippen LogP contribution < -0.4 is 10.1 Å². The van der Waals surface area contributed by atoms with Gasteiger partial charge in [-0.15, -0.1) is 11.8 Å². The van der Waals surface area contributed by atoms with Gasteiger partial charge in [0.2, 0.25) is 5.78 Å². The van der Waals surface area contributed by atoms with E-state index in [-0.39, 0.29) is 0 Å². The molecule has 4 nitrogen and oxygen atoms in total. The number of amides is 1. The Morgan fingerprint density at radius 2 is 1.76 bits per heavy atom. The largest absolute Gasteiger partial charge is 0.497 e. The fraction of sp³-hybridized carbons (Fsp3) is 0.125. The van der Waals surface area contributed by atoms with Gasteiger partial charge in [0.25, 0.3) is 5.91 Å². The first kappa shape index (κ1) is 13.7. The van der Waals surface area contributed by atoms with Gasteiger partial charge in [0.15, 0.2) is 0 Å². The normalized spacial score (nSPS) is 17.7. The van der Waals surface area contributed by atoms with Gasteiger partial charge in [-0.3, -0.25) is 9.59 Å². The molecule has 0 spiro atoms. The summed E-state index contributed by atoms with van der Waals surface area (Å²) in [6.45, 7) is 0. The monoisotopic (exact) mass is 299 g/mol. The highest BCUT2D eigenvalue weighted by Crippen LogP contribution is 2.42. The number of ether oxygens (including phenoxy) is 1. The van der Waals surface area contributed by atoms with Crippen LogP contribution >= 0.6 is 11.8 Å². The predicted octanol–water partition coefficient (Wildman–Crippen LogP) is 3.05. The standard InChI is InChI=1S/C16H13NO3S/c1-20-11-8-6-10(7-9-11)15-14(18)16(19)17-12-4-2-3-5-13(12)21-15/h2-9,15H,1H3,(H,17,19)/t15-/m1/s1. The summed E-state index contributed by atoms with van der Waals surface area (Å²) < 4.78 is 5.11. The maximum atomic E-state index is 12.3. The van der Waals surface area contributed by atoms with E-state index in [1.807, 2.05) is 30.3 Å². The zero-order valence-corrected chi connectivity index (χ0v) is 12.1. The fourth-order valence-electron chi connectivity index (χ4n) is 2.15. The van der Waals surface area contributed by atoms with Crippen LogP contribution in [0.2, 0.25) is 0 Å². The first-order valence-corrected chi connectivity index (χ1v) is 7.32. The molecule has 1 atom stereocenters. The van der Waals surface area contributed by atoms with Crippen molar-refractivity contribution in [2.24, 2.45) is 0 Å². The molecule has 0 fully saturated rings. The Hall–Kier alpha value is -2.27. The Morgan fingerprint density at radius 1 is 1.05 bits per heavy atom. The number of carbonyl (C=O) groups is 2. The summed E-state index contributed by atoms with van der Waals surface area (Å²) >= 11 is 1.38. The van der Waals surface area contributed by atoms with Crippen molar-refractivity contribution < 1.29 is 14.3 Å². The average Bonchev–Trinajstić information content (AvgIpc) is 2.65. The molecule has 5 heteroatoms. The number of benzene rings is 2. The van der Waals surface area contributed by atoms with Gasteiger partial charge >= 0.3 is 0 Å². The van der Waals surface area contributed by atoms with Crippen molar-refractivity contribution >= 4 is 29.1 Å². The minimum absolute atomic E-state index is 0.443. The Balaban J connectivity index is 2.00. The molecule has 0 saturated heterocycles. The van der Waals surface area contributed by atoms with Crippen molar-refractivity contribution in [1.82, 2.24) is 0 Å². The maximum Gasteiger partial charge on any atom is 0.293 e. The molecule has 0 unspecified atom stereocenters. The van der Waals surface area contributed by atoms with Gasteiger partial charge in [0.05, 0.1) is 12.8 Å². The van der Waals surface area contributed by atoms with Gasteiger partial charge in [-0.05, 0) is 29.8 Å². The topological polar surface area (TPSA) is 55.4 Å². The lowest BCUT2D eigenvalue weighted by molar-refractivity contribution is -0.134. The van der Waals surface area contributed by atoms with Crippen molar-refractivity contribution in [1.29, 1.82) is 0 Å². The van der Waals surface area contributed by atoms with Crippen LogP contribution in [-0.2, 0) is 9.59 Å². The molecular weight excluding hydrogens is 286 g/mol. The zero-order valence-electron chi connectivity index (χ0n) is 11.3. The molecule has 1 aliphatic rings. The van der Waals surface area contributed by atoms with Crippen LogP contribution in [0.1, 0.15) is 10.8 Å². The van der Waals surface area contributed by atoms with E-state index < -0.39 is 16.9 Å². The lowest BCUT2D eigenvalue weighted by Gasteiger charge is -2.12. The minimum Gasteiger partial charge on any atom is -0.497 e. The summed E-state index contributed by atoms with van der Waals surface area (Å²) in [7, 11) is 1.59. The lowest BCUT2D eigenvalue weighted by Crippen LogP contribution is -2.25.